The predicted molar refractivity (Wildman–Crippen MR) is 96.4 cm³/mol. The molecule has 0 spiro atoms. The Kier molecular flexibility index (Phi) is 5.01. The van der Waals surface area contributed by atoms with Crippen molar-refractivity contribution in [1.82, 2.24) is 20.0 Å². The van der Waals surface area contributed by atoms with E-state index in [0.717, 1.165) is 18.1 Å². The summed E-state index contributed by atoms with van der Waals surface area (Å²) in [5.41, 5.74) is 0.879. The van der Waals surface area contributed by atoms with Crippen LogP contribution in [-0.4, -0.2) is 51.8 Å². The van der Waals surface area contributed by atoms with Crippen molar-refractivity contribution in [3.8, 4) is 0 Å². The van der Waals surface area contributed by atoms with E-state index in [4.69, 9.17) is 0 Å². The number of aromatic nitrogens is 2. The lowest BCUT2D eigenvalue weighted by molar-refractivity contribution is -0.118. The summed E-state index contributed by atoms with van der Waals surface area (Å²) in [5.74, 6) is 1.35. The van der Waals surface area contributed by atoms with Crippen LogP contribution in [0.5, 0.6) is 0 Å². The molecule has 7 nitrogen and oxygen atoms in total. The van der Waals surface area contributed by atoms with Crippen LogP contribution in [-0.2, 0) is 11.8 Å². The second-order valence-corrected chi connectivity index (χ2v) is 7.59. The molecule has 3 amide bonds. The Morgan fingerprint density at radius 3 is 2.64 bits per heavy atom. The molecule has 0 radical (unpaired) electrons. The van der Waals surface area contributed by atoms with Crippen LogP contribution in [0.2, 0.25) is 0 Å². The fourth-order valence-electron chi connectivity index (χ4n) is 3.60. The minimum atomic E-state index is -0.453. The van der Waals surface area contributed by atoms with E-state index >= 15 is 0 Å². The van der Waals surface area contributed by atoms with E-state index in [1.54, 1.807) is 9.58 Å². The first-order chi connectivity index (χ1) is 11.9. The predicted octanol–water partition coefficient (Wildman–Crippen LogP) is 2.05. The molecule has 1 atom stereocenters. The number of aryl methyl sites for hydroxylation is 2. The van der Waals surface area contributed by atoms with Crippen LogP contribution in [0.4, 0.5) is 10.6 Å². The maximum atomic E-state index is 12.7. The number of carbonyl (C=O) groups excluding carboxylic acids is 2. The van der Waals surface area contributed by atoms with Crippen molar-refractivity contribution in [3.05, 3.63) is 11.8 Å². The van der Waals surface area contributed by atoms with Crippen molar-refractivity contribution in [2.45, 2.75) is 58.5 Å². The van der Waals surface area contributed by atoms with Gasteiger partial charge in [-0.2, -0.15) is 5.10 Å². The first kappa shape index (κ1) is 17.8. The van der Waals surface area contributed by atoms with Crippen LogP contribution in [0.25, 0.3) is 0 Å². The zero-order valence-corrected chi connectivity index (χ0v) is 15.7. The number of carbonyl (C=O) groups is 2. The monoisotopic (exact) mass is 347 g/mol. The van der Waals surface area contributed by atoms with Gasteiger partial charge < -0.3 is 10.2 Å². The fourth-order valence-corrected chi connectivity index (χ4v) is 3.60. The molecule has 1 saturated heterocycles. The van der Waals surface area contributed by atoms with E-state index in [0.29, 0.717) is 18.9 Å². The van der Waals surface area contributed by atoms with Gasteiger partial charge in [0.15, 0.2) is 0 Å². The molecule has 25 heavy (non-hydrogen) atoms. The summed E-state index contributed by atoms with van der Waals surface area (Å²) in [5, 5.41) is 7.26. The molecular formula is C18H29N5O2. The smallest absolute Gasteiger partial charge is 0.318 e. The van der Waals surface area contributed by atoms with Crippen molar-refractivity contribution in [2.24, 2.45) is 13.0 Å². The van der Waals surface area contributed by atoms with E-state index in [-0.39, 0.29) is 18.0 Å². The second-order valence-electron chi connectivity index (χ2n) is 7.59. The number of urea groups is 1. The summed E-state index contributed by atoms with van der Waals surface area (Å²) in [7, 11) is 1.83. The van der Waals surface area contributed by atoms with Gasteiger partial charge in [-0.3, -0.25) is 14.4 Å². The maximum absolute atomic E-state index is 12.7. The van der Waals surface area contributed by atoms with Crippen LogP contribution < -0.4 is 10.2 Å². The van der Waals surface area contributed by atoms with Crippen LogP contribution in [0.1, 0.15) is 45.2 Å². The fraction of sp³-hybridized carbons (Fsp3) is 0.722. The highest BCUT2D eigenvalue weighted by Gasteiger charge is 2.36. The van der Waals surface area contributed by atoms with E-state index in [9.17, 15) is 9.59 Å². The Hall–Kier alpha value is -2.05. The van der Waals surface area contributed by atoms with Crippen LogP contribution in [0.3, 0.4) is 0 Å². The highest BCUT2D eigenvalue weighted by Crippen LogP contribution is 2.28. The molecule has 2 heterocycles. The lowest BCUT2D eigenvalue weighted by atomic mass is 9.85. The van der Waals surface area contributed by atoms with Gasteiger partial charge in [0, 0.05) is 32.2 Å². The van der Waals surface area contributed by atoms with E-state index in [1.807, 2.05) is 38.8 Å². The zero-order chi connectivity index (χ0) is 18.1. The Balaban J connectivity index is 1.63. The van der Waals surface area contributed by atoms with Crippen molar-refractivity contribution in [1.29, 1.82) is 0 Å². The van der Waals surface area contributed by atoms with Gasteiger partial charge >= 0.3 is 6.03 Å². The molecule has 7 heteroatoms. The Morgan fingerprint density at radius 2 is 2.12 bits per heavy atom. The molecule has 0 bridgehead atoms. The molecule has 1 aromatic heterocycles. The zero-order valence-electron chi connectivity index (χ0n) is 15.7. The summed E-state index contributed by atoms with van der Waals surface area (Å²) in [6.45, 7) is 7.35. The first-order valence-electron chi connectivity index (χ1n) is 9.26. The van der Waals surface area contributed by atoms with Crippen molar-refractivity contribution >= 4 is 17.8 Å². The number of nitrogens with one attached hydrogen (secondary N) is 1. The number of rotatable bonds is 5. The van der Waals surface area contributed by atoms with Crippen molar-refractivity contribution in [2.75, 3.05) is 18.0 Å². The minimum Gasteiger partial charge on any atom is -0.326 e. The number of hydrogen-bond acceptors (Lipinski definition) is 3. The minimum absolute atomic E-state index is 0.0521. The lowest BCUT2D eigenvalue weighted by Gasteiger charge is -2.35. The van der Waals surface area contributed by atoms with Gasteiger partial charge in [-0.15, -0.1) is 0 Å². The number of nitrogens with zero attached hydrogens (tertiary/aromatic N) is 4. The van der Waals surface area contributed by atoms with Gasteiger partial charge in [-0.05, 0) is 46.0 Å². The third-order valence-electron chi connectivity index (χ3n) is 5.32. The van der Waals surface area contributed by atoms with Crippen molar-refractivity contribution in [3.63, 3.8) is 0 Å². The molecule has 3 rings (SSSR count). The largest absolute Gasteiger partial charge is 0.326 e. The third-order valence-corrected chi connectivity index (χ3v) is 5.32. The summed E-state index contributed by atoms with van der Waals surface area (Å²) in [6.07, 6.45) is 4.29. The molecule has 1 aliphatic heterocycles. The van der Waals surface area contributed by atoms with Crippen LogP contribution in [0.15, 0.2) is 6.07 Å². The summed E-state index contributed by atoms with van der Waals surface area (Å²) < 4.78 is 1.72. The third kappa shape index (κ3) is 3.65. The number of anilines is 1. The normalized spacial score (nSPS) is 20.9. The van der Waals surface area contributed by atoms with E-state index in [2.05, 4.69) is 10.4 Å². The quantitative estimate of drug-likeness (QED) is 0.886. The summed E-state index contributed by atoms with van der Waals surface area (Å²) >= 11 is 0. The molecule has 2 fully saturated rings. The average molecular weight is 347 g/mol. The first-order valence-corrected chi connectivity index (χ1v) is 9.26. The van der Waals surface area contributed by atoms with Crippen molar-refractivity contribution < 1.29 is 9.59 Å². The second kappa shape index (κ2) is 7.06. The van der Waals surface area contributed by atoms with Gasteiger partial charge in [-0.1, -0.05) is 6.42 Å². The van der Waals surface area contributed by atoms with Crippen LogP contribution >= 0.6 is 0 Å². The van der Waals surface area contributed by atoms with Gasteiger partial charge in [0.1, 0.15) is 11.9 Å². The lowest BCUT2D eigenvalue weighted by Crippen LogP contribution is -2.51. The summed E-state index contributed by atoms with van der Waals surface area (Å²) in [4.78, 5) is 29.0. The van der Waals surface area contributed by atoms with Gasteiger partial charge in [0.05, 0.1) is 5.69 Å². The van der Waals surface area contributed by atoms with E-state index in [1.165, 1.54) is 19.3 Å². The van der Waals surface area contributed by atoms with Gasteiger partial charge in [-0.25, -0.2) is 4.79 Å². The summed E-state index contributed by atoms with van der Waals surface area (Å²) in [6, 6.07) is 1.46. The van der Waals surface area contributed by atoms with Crippen LogP contribution in [0, 0.1) is 12.8 Å². The molecule has 1 aliphatic carbocycles. The standard InChI is InChI=1S/C18H29N5O2/c1-12(2)23(11-14-6-5-7-14)18(25)19-15-8-9-22(17(15)24)16-10-13(3)20-21(16)4/h10,12,14-15H,5-9,11H2,1-4H3,(H,19,25)/t15-/m0/s1. The van der Waals surface area contributed by atoms with Gasteiger partial charge in [0.25, 0.3) is 5.91 Å². The van der Waals surface area contributed by atoms with E-state index < -0.39 is 6.04 Å². The Bertz CT molecular complexity index is 650. The SMILES string of the molecule is Cc1cc(N2CC[C@H](NC(=O)N(CC3CCC3)C(C)C)C2=O)n(C)n1. The molecule has 138 valence electrons. The maximum Gasteiger partial charge on any atom is 0.318 e. The van der Waals surface area contributed by atoms with Gasteiger partial charge in [0.2, 0.25) is 0 Å². The number of amides is 3. The molecule has 0 unspecified atom stereocenters. The Labute approximate surface area is 149 Å². The highest BCUT2D eigenvalue weighted by molar-refractivity contribution is 6.00. The topological polar surface area (TPSA) is 70.5 Å². The average Bonchev–Trinajstić information content (AvgIpc) is 3.00. The number of hydrogen-bond donors (Lipinski definition) is 1. The molecule has 1 saturated carbocycles. The molecule has 2 aliphatic rings. The molecule has 1 N–H and O–H groups in total. The molecule has 1 aromatic rings. The molecular weight excluding hydrogens is 318 g/mol. The Morgan fingerprint density at radius 1 is 1.40 bits per heavy atom. The molecule has 0 aromatic carbocycles. The highest BCUT2D eigenvalue weighted by atomic mass is 16.2.